The number of nitrogens with zero attached hydrogens (tertiary/aromatic N) is 4. The number of aromatic nitrogens is 5. The van der Waals surface area contributed by atoms with Crippen molar-refractivity contribution in [2.75, 3.05) is 18.4 Å². The van der Waals surface area contributed by atoms with Crippen molar-refractivity contribution in [3.8, 4) is 17.4 Å². The van der Waals surface area contributed by atoms with E-state index in [1.165, 1.54) is 18.5 Å². The number of anilines is 1. The average molecular weight is 599 g/mol. The first kappa shape index (κ1) is 29.7. The molecule has 1 atom stereocenters. The van der Waals surface area contributed by atoms with Gasteiger partial charge in [-0.3, -0.25) is 15.2 Å². The minimum Gasteiger partial charge on any atom is -0.481 e. The van der Waals surface area contributed by atoms with Crippen LogP contribution in [0, 0.1) is 5.41 Å². The Morgan fingerprint density at radius 3 is 2.52 bits per heavy atom. The van der Waals surface area contributed by atoms with Crippen LogP contribution in [0.1, 0.15) is 35.5 Å². The molecule has 16 nitrogen and oxygen atoms in total. The van der Waals surface area contributed by atoms with E-state index in [1.807, 2.05) is 0 Å². The minimum atomic E-state index is -3.90. The quantitative estimate of drug-likeness (QED) is 0.109. The molecule has 0 saturated heterocycles. The number of hydrogen-bond donors (Lipinski definition) is 5. The van der Waals surface area contributed by atoms with E-state index in [1.54, 1.807) is 36.4 Å². The Hall–Kier alpha value is -5.29. The maximum Gasteiger partial charge on any atom is 0.350 e. The molecule has 1 unspecified atom stereocenters. The standard InChI is InChI=1S/C23H22N8O6S.C2H4O2/c1-38(33,34)37-17-10-14(9-15-11-35-12-36-19(15)17)18(28-16-5-3-13(4-6-16)20(24)25)21-29-23(32)31(30-21)22-26-7-2-8-27-22;1-2(3)4/h2-10,18,28H,11-12H2,1H3,(H3,24,25)(H,29,30,32);1H3,(H,3,4). The molecular formula is C25H26N8O8S. The Morgan fingerprint density at radius 1 is 1.24 bits per heavy atom. The highest BCUT2D eigenvalue weighted by Gasteiger charge is 2.27. The summed E-state index contributed by atoms with van der Waals surface area (Å²) in [6.45, 7) is 1.16. The van der Waals surface area contributed by atoms with Gasteiger partial charge < -0.3 is 29.8 Å². The van der Waals surface area contributed by atoms with Gasteiger partial charge in [-0.25, -0.2) is 14.8 Å². The molecule has 0 fully saturated rings. The van der Waals surface area contributed by atoms with Gasteiger partial charge in [0.05, 0.1) is 12.9 Å². The topological polar surface area (TPSA) is 237 Å². The van der Waals surface area contributed by atoms with E-state index in [-0.39, 0.29) is 42.5 Å². The number of H-pyrrole nitrogens is 1. The van der Waals surface area contributed by atoms with Crippen LogP contribution in [0.5, 0.6) is 11.5 Å². The van der Waals surface area contributed by atoms with Crippen molar-refractivity contribution in [3.63, 3.8) is 0 Å². The summed E-state index contributed by atoms with van der Waals surface area (Å²) < 4.78 is 41.1. The second-order valence-electron chi connectivity index (χ2n) is 8.77. The van der Waals surface area contributed by atoms with Gasteiger partial charge in [0.2, 0.25) is 0 Å². The predicted octanol–water partition coefficient (Wildman–Crippen LogP) is 1.13. The number of ether oxygens (including phenoxy) is 2. The Bertz CT molecular complexity index is 1750. The van der Waals surface area contributed by atoms with Gasteiger partial charge in [0, 0.05) is 36.1 Å². The molecule has 42 heavy (non-hydrogen) atoms. The zero-order valence-electron chi connectivity index (χ0n) is 22.3. The normalized spacial score (nSPS) is 13.0. The third kappa shape index (κ3) is 7.46. The number of amidine groups is 1. The molecule has 0 aliphatic carbocycles. The number of benzene rings is 2. The third-order valence-corrected chi connectivity index (χ3v) is 5.91. The first-order valence-corrected chi connectivity index (χ1v) is 13.9. The van der Waals surface area contributed by atoms with E-state index < -0.39 is 27.8 Å². The lowest BCUT2D eigenvalue weighted by molar-refractivity contribution is -0.134. The van der Waals surface area contributed by atoms with E-state index in [0.29, 0.717) is 22.4 Å². The summed E-state index contributed by atoms with van der Waals surface area (Å²) in [7, 11) is -3.90. The van der Waals surface area contributed by atoms with Crippen LogP contribution in [0.15, 0.2) is 59.7 Å². The number of carbonyl (C=O) groups is 1. The van der Waals surface area contributed by atoms with Crippen LogP contribution in [0.4, 0.5) is 5.69 Å². The summed E-state index contributed by atoms with van der Waals surface area (Å²) in [5, 5.41) is 22.7. The molecule has 0 bridgehead atoms. The zero-order chi connectivity index (χ0) is 30.4. The first-order chi connectivity index (χ1) is 19.9. The van der Waals surface area contributed by atoms with Gasteiger partial charge in [0.25, 0.3) is 11.9 Å². The lowest BCUT2D eigenvalue weighted by atomic mass is 10.0. The molecule has 0 saturated carbocycles. The van der Waals surface area contributed by atoms with Crippen LogP contribution in [0.2, 0.25) is 0 Å². The van der Waals surface area contributed by atoms with Crippen molar-refractivity contribution in [2.45, 2.75) is 19.6 Å². The van der Waals surface area contributed by atoms with Crippen molar-refractivity contribution in [3.05, 3.63) is 87.9 Å². The Balaban J connectivity index is 0.000000952. The molecule has 2 aromatic carbocycles. The summed E-state index contributed by atoms with van der Waals surface area (Å²) >= 11 is 0. The highest BCUT2D eigenvalue weighted by molar-refractivity contribution is 7.86. The van der Waals surface area contributed by atoms with Crippen LogP contribution in [-0.4, -0.2) is 63.1 Å². The number of carboxylic acids is 1. The molecule has 6 N–H and O–H groups in total. The van der Waals surface area contributed by atoms with Crippen molar-refractivity contribution in [1.82, 2.24) is 24.7 Å². The van der Waals surface area contributed by atoms with Gasteiger partial charge >= 0.3 is 15.8 Å². The summed E-state index contributed by atoms with van der Waals surface area (Å²) in [5.74, 6) is -0.461. The van der Waals surface area contributed by atoms with Crippen molar-refractivity contribution >= 4 is 27.6 Å². The number of hydrogen-bond acceptors (Lipinski definition) is 12. The monoisotopic (exact) mass is 598 g/mol. The second kappa shape index (κ2) is 12.5. The van der Waals surface area contributed by atoms with Gasteiger partial charge in [-0.2, -0.15) is 8.42 Å². The molecule has 17 heteroatoms. The SMILES string of the molecule is CC(=O)O.CS(=O)(=O)Oc1cc(C(Nc2ccc(C(=N)N)cc2)c2nn(-c3ncccn3)c(=O)[nH]2)cc2c1OCOC2. The van der Waals surface area contributed by atoms with Crippen LogP contribution in [0.25, 0.3) is 5.95 Å². The predicted molar refractivity (Wildman–Crippen MR) is 148 cm³/mol. The summed E-state index contributed by atoms with van der Waals surface area (Å²) in [6, 6.07) is 10.8. The number of nitrogens with two attached hydrogens (primary N) is 1. The van der Waals surface area contributed by atoms with Crippen molar-refractivity contribution < 1.29 is 32.0 Å². The molecule has 220 valence electrons. The molecule has 3 heterocycles. The Kier molecular flexibility index (Phi) is 8.82. The lowest BCUT2D eigenvalue weighted by Gasteiger charge is -2.24. The van der Waals surface area contributed by atoms with Crippen molar-refractivity contribution in [2.24, 2.45) is 5.73 Å². The fourth-order valence-corrected chi connectivity index (χ4v) is 4.28. The number of nitrogen functional groups attached to an aromatic ring is 1. The van der Waals surface area contributed by atoms with Gasteiger partial charge in [0.15, 0.2) is 24.1 Å². The number of aromatic amines is 1. The number of aliphatic carboxylic acids is 1. The Labute approximate surface area is 238 Å². The van der Waals surface area contributed by atoms with Crippen LogP contribution in [-0.2, 0) is 26.3 Å². The number of nitrogens with one attached hydrogen (secondary N) is 3. The largest absolute Gasteiger partial charge is 0.481 e. The molecule has 1 aliphatic rings. The van der Waals surface area contributed by atoms with E-state index in [2.05, 4.69) is 25.4 Å². The number of rotatable bonds is 8. The molecular weight excluding hydrogens is 572 g/mol. The van der Waals surface area contributed by atoms with E-state index in [9.17, 15) is 13.2 Å². The minimum absolute atomic E-state index is 0.0322. The molecule has 0 radical (unpaired) electrons. The fourth-order valence-electron chi connectivity index (χ4n) is 3.83. The smallest absolute Gasteiger partial charge is 0.350 e. The summed E-state index contributed by atoms with van der Waals surface area (Å²) in [4.78, 5) is 32.7. The molecule has 0 amide bonds. The molecule has 1 aliphatic heterocycles. The maximum atomic E-state index is 12.8. The number of fused-ring (bicyclic) bond motifs is 1. The first-order valence-electron chi connectivity index (χ1n) is 12.0. The van der Waals surface area contributed by atoms with Crippen LogP contribution < -0.4 is 25.7 Å². The zero-order valence-corrected chi connectivity index (χ0v) is 23.1. The van der Waals surface area contributed by atoms with Crippen LogP contribution >= 0.6 is 0 Å². The molecule has 2 aromatic heterocycles. The van der Waals surface area contributed by atoms with Gasteiger partial charge in [-0.05, 0) is 48.0 Å². The van der Waals surface area contributed by atoms with E-state index in [0.717, 1.165) is 17.9 Å². The fraction of sp³-hybridized carbons (Fsp3) is 0.200. The Morgan fingerprint density at radius 2 is 1.90 bits per heavy atom. The average Bonchev–Trinajstić information content (AvgIpc) is 3.32. The number of carboxylic acid groups (broad SMARTS) is 1. The second-order valence-corrected chi connectivity index (χ2v) is 10.3. The summed E-state index contributed by atoms with van der Waals surface area (Å²) in [6.07, 6.45) is 3.89. The lowest BCUT2D eigenvalue weighted by Crippen LogP contribution is -2.19. The third-order valence-electron chi connectivity index (χ3n) is 5.43. The molecule has 0 spiro atoms. The maximum absolute atomic E-state index is 12.8. The van der Waals surface area contributed by atoms with Gasteiger partial charge in [0.1, 0.15) is 11.9 Å². The van der Waals surface area contributed by atoms with Gasteiger partial charge in [-0.15, -0.1) is 9.78 Å². The molecule has 5 rings (SSSR count). The highest BCUT2D eigenvalue weighted by Crippen LogP contribution is 2.39. The van der Waals surface area contributed by atoms with Gasteiger partial charge in [-0.1, -0.05) is 0 Å². The van der Waals surface area contributed by atoms with Crippen LogP contribution in [0.3, 0.4) is 0 Å². The van der Waals surface area contributed by atoms with E-state index in [4.69, 9.17) is 34.7 Å². The highest BCUT2D eigenvalue weighted by atomic mass is 32.2. The van der Waals surface area contributed by atoms with Crippen molar-refractivity contribution in [1.29, 1.82) is 5.41 Å². The summed E-state index contributed by atoms with van der Waals surface area (Å²) in [5.41, 5.74) is 7.14. The molecule has 4 aromatic rings. The van der Waals surface area contributed by atoms with E-state index >= 15 is 0 Å².